The molecule has 21 heavy (non-hydrogen) atoms. The number of hydrogen-bond donors (Lipinski definition) is 1. The van der Waals surface area contributed by atoms with E-state index in [0.717, 1.165) is 13.2 Å². The second-order valence-electron chi connectivity index (χ2n) is 3.89. The Hall–Kier alpha value is -2.39. The van der Waals surface area contributed by atoms with Gasteiger partial charge in [0.2, 0.25) is 0 Å². The van der Waals surface area contributed by atoms with E-state index >= 15 is 0 Å². The molecule has 1 aromatic rings. The summed E-state index contributed by atoms with van der Waals surface area (Å²) < 4.78 is 53.9. The van der Waals surface area contributed by atoms with E-state index < -0.39 is 52.8 Å². The number of carbonyl (C=O) groups excluding carboxylic acids is 1. The van der Waals surface area contributed by atoms with Gasteiger partial charge in [-0.1, -0.05) is 0 Å². The van der Waals surface area contributed by atoms with Gasteiger partial charge >= 0.3 is 12.1 Å². The number of nitrogens with zero attached hydrogens (tertiary/aromatic N) is 1. The fourth-order valence-corrected chi connectivity index (χ4v) is 1.46. The fourth-order valence-electron chi connectivity index (χ4n) is 1.46. The molecule has 0 aliphatic heterocycles. The van der Waals surface area contributed by atoms with Crippen molar-refractivity contribution in [2.24, 2.45) is 0 Å². The van der Waals surface area contributed by atoms with Crippen LogP contribution in [0.25, 0.3) is 0 Å². The zero-order valence-electron chi connectivity index (χ0n) is 10.7. The number of halogens is 4. The summed E-state index contributed by atoms with van der Waals surface area (Å²) >= 11 is 0. The van der Waals surface area contributed by atoms with Gasteiger partial charge in [-0.3, -0.25) is 10.1 Å². The highest BCUT2D eigenvalue weighted by Gasteiger charge is 2.27. The summed E-state index contributed by atoms with van der Waals surface area (Å²) in [6.07, 6.45) is -5.69. The molecule has 0 radical (unpaired) electrons. The standard InChI is InChI=1S/C11H10F4N2O4/c1-21-10(18)6-4-8(16-3-2-11(13,14)15)9(17(19)20)5-7(6)12/h4-5,16H,2-3H2,1H3. The minimum Gasteiger partial charge on any atom is -0.465 e. The van der Waals surface area contributed by atoms with Crippen LogP contribution in [0, 0.1) is 15.9 Å². The highest BCUT2D eigenvalue weighted by atomic mass is 19.4. The van der Waals surface area contributed by atoms with Gasteiger partial charge in [0, 0.05) is 6.54 Å². The minimum atomic E-state index is -4.45. The number of carbonyl (C=O) groups is 1. The van der Waals surface area contributed by atoms with E-state index in [1.807, 2.05) is 0 Å². The van der Waals surface area contributed by atoms with Crippen molar-refractivity contribution in [3.8, 4) is 0 Å². The molecule has 0 unspecified atom stereocenters. The molecule has 0 fully saturated rings. The highest BCUT2D eigenvalue weighted by molar-refractivity contribution is 5.91. The quantitative estimate of drug-likeness (QED) is 0.391. The molecule has 0 amide bonds. The second-order valence-corrected chi connectivity index (χ2v) is 3.89. The smallest absolute Gasteiger partial charge is 0.390 e. The van der Waals surface area contributed by atoms with Crippen molar-refractivity contribution in [3.05, 3.63) is 33.6 Å². The number of esters is 1. The maximum atomic E-state index is 13.5. The summed E-state index contributed by atoms with van der Waals surface area (Å²) in [4.78, 5) is 21.0. The van der Waals surface area contributed by atoms with Gasteiger partial charge < -0.3 is 10.1 Å². The zero-order valence-corrected chi connectivity index (χ0v) is 10.7. The van der Waals surface area contributed by atoms with E-state index in [2.05, 4.69) is 10.1 Å². The lowest BCUT2D eigenvalue weighted by molar-refractivity contribution is -0.384. The molecule has 1 rings (SSSR count). The number of ether oxygens (including phenoxy) is 1. The Balaban J connectivity index is 3.09. The molecule has 1 aromatic carbocycles. The van der Waals surface area contributed by atoms with Gasteiger partial charge in [0.1, 0.15) is 11.5 Å². The molecule has 0 atom stereocenters. The molecule has 1 N–H and O–H groups in total. The van der Waals surface area contributed by atoms with Crippen LogP contribution < -0.4 is 5.32 Å². The third-order valence-electron chi connectivity index (χ3n) is 2.41. The summed E-state index contributed by atoms with van der Waals surface area (Å²) in [5.74, 6) is -2.30. The summed E-state index contributed by atoms with van der Waals surface area (Å²) in [6, 6.07) is 1.19. The summed E-state index contributed by atoms with van der Waals surface area (Å²) in [7, 11) is 0.972. The maximum Gasteiger partial charge on any atom is 0.390 e. The minimum absolute atomic E-state index is 0.397. The molecule has 0 heterocycles. The van der Waals surface area contributed by atoms with Crippen molar-refractivity contribution < 1.29 is 32.0 Å². The van der Waals surface area contributed by atoms with Crippen LogP contribution in [0.1, 0.15) is 16.8 Å². The molecule has 0 aliphatic carbocycles. The first-order valence-corrected chi connectivity index (χ1v) is 5.52. The Morgan fingerprint density at radius 2 is 2.05 bits per heavy atom. The van der Waals surface area contributed by atoms with Crippen LogP contribution in [0.15, 0.2) is 12.1 Å². The Bertz CT molecular complexity index is 560. The number of nitrogens with one attached hydrogen (secondary N) is 1. The maximum absolute atomic E-state index is 13.5. The number of nitro groups is 1. The van der Waals surface area contributed by atoms with Crippen molar-refractivity contribution in [3.63, 3.8) is 0 Å². The third-order valence-corrected chi connectivity index (χ3v) is 2.41. The zero-order chi connectivity index (χ0) is 16.2. The second kappa shape index (κ2) is 6.37. The number of alkyl halides is 3. The van der Waals surface area contributed by atoms with Crippen LogP contribution in [-0.2, 0) is 4.74 Å². The van der Waals surface area contributed by atoms with Gasteiger partial charge in [0.15, 0.2) is 0 Å². The third kappa shape index (κ3) is 4.58. The lowest BCUT2D eigenvalue weighted by atomic mass is 10.1. The predicted octanol–water partition coefficient (Wildman–Crippen LogP) is 2.88. The first kappa shape index (κ1) is 16.7. The topological polar surface area (TPSA) is 81.5 Å². The largest absolute Gasteiger partial charge is 0.465 e. The molecular weight excluding hydrogens is 300 g/mol. The van der Waals surface area contributed by atoms with Gasteiger partial charge in [-0.2, -0.15) is 13.2 Å². The summed E-state index contributed by atoms with van der Waals surface area (Å²) in [6.45, 7) is -0.656. The van der Waals surface area contributed by atoms with Gasteiger partial charge in [0.25, 0.3) is 5.69 Å². The van der Waals surface area contributed by atoms with E-state index in [4.69, 9.17) is 0 Å². The van der Waals surface area contributed by atoms with Gasteiger partial charge in [-0.25, -0.2) is 9.18 Å². The predicted molar refractivity (Wildman–Crippen MR) is 63.6 cm³/mol. The van der Waals surface area contributed by atoms with Crippen molar-refractivity contribution >= 4 is 17.3 Å². The molecule has 0 saturated heterocycles. The van der Waals surface area contributed by atoms with Gasteiger partial charge in [0.05, 0.1) is 30.1 Å². The summed E-state index contributed by atoms with van der Waals surface area (Å²) in [5, 5.41) is 12.9. The van der Waals surface area contributed by atoms with E-state index in [9.17, 15) is 32.5 Å². The first-order chi connectivity index (χ1) is 9.65. The van der Waals surface area contributed by atoms with Crippen molar-refractivity contribution in [1.29, 1.82) is 0 Å². The van der Waals surface area contributed by atoms with E-state index in [0.29, 0.717) is 6.07 Å². The molecule has 116 valence electrons. The van der Waals surface area contributed by atoms with E-state index in [1.54, 1.807) is 0 Å². The fraction of sp³-hybridized carbons (Fsp3) is 0.364. The number of anilines is 1. The average Bonchev–Trinajstić information content (AvgIpc) is 2.37. The summed E-state index contributed by atoms with van der Waals surface area (Å²) in [5.41, 5.74) is -1.79. The van der Waals surface area contributed by atoms with E-state index in [1.165, 1.54) is 0 Å². The molecular formula is C11H10F4N2O4. The van der Waals surface area contributed by atoms with Crippen LogP contribution >= 0.6 is 0 Å². The molecule has 0 aliphatic rings. The van der Waals surface area contributed by atoms with Gasteiger partial charge in [-0.05, 0) is 6.07 Å². The first-order valence-electron chi connectivity index (χ1n) is 5.52. The van der Waals surface area contributed by atoms with Crippen LogP contribution in [0.3, 0.4) is 0 Å². The number of methoxy groups -OCH3 is 1. The highest BCUT2D eigenvalue weighted by Crippen LogP contribution is 2.29. The molecule has 6 nitrogen and oxygen atoms in total. The molecule has 10 heteroatoms. The Morgan fingerprint density at radius 1 is 1.43 bits per heavy atom. The molecule has 0 bridgehead atoms. The molecule has 0 aromatic heterocycles. The number of hydrogen-bond acceptors (Lipinski definition) is 5. The molecule has 0 spiro atoms. The van der Waals surface area contributed by atoms with Crippen LogP contribution in [0.5, 0.6) is 0 Å². The van der Waals surface area contributed by atoms with Crippen molar-refractivity contribution in [2.75, 3.05) is 19.0 Å². The molecule has 0 saturated carbocycles. The Kier molecular flexibility index (Phi) is 5.06. The number of benzene rings is 1. The normalized spacial score (nSPS) is 11.1. The average molecular weight is 310 g/mol. The lowest BCUT2D eigenvalue weighted by Crippen LogP contribution is -2.16. The Morgan fingerprint density at radius 3 is 2.52 bits per heavy atom. The van der Waals surface area contributed by atoms with E-state index in [-0.39, 0.29) is 0 Å². The van der Waals surface area contributed by atoms with Crippen LogP contribution in [-0.4, -0.2) is 30.7 Å². The number of nitro benzene ring substituents is 1. The Labute approximate surface area is 115 Å². The van der Waals surface area contributed by atoms with Crippen molar-refractivity contribution in [2.45, 2.75) is 12.6 Å². The van der Waals surface area contributed by atoms with Gasteiger partial charge in [-0.15, -0.1) is 0 Å². The monoisotopic (exact) mass is 310 g/mol. The SMILES string of the molecule is COC(=O)c1cc(NCCC(F)(F)F)c([N+](=O)[O-])cc1F. The van der Waals surface area contributed by atoms with Crippen molar-refractivity contribution in [1.82, 2.24) is 0 Å². The van der Waals surface area contributed by atoms with Crippen LogP contribution in [0.2, 0.25) is 0 Å². The number of rotatable bonds is 5. The van der Waals surface area contributed by atoms with Crippen LogP contribution in [0.4, 0.5) is 28.9 Å². The lowest BCUT2D eigenvalue weighted by Gasteiger charge is -2.10.